The molecule has 12 rings (SSSR count). The van der Waals surface area contributed by atoms with Crippen LogP contribution >= 0.6 is 0 Å². The van der Waals surface area contributed by atoms with Crippen LogP contribution in [0.1, 0.15) is 16.8 Å². The minimum atomic E-state index is 0.640. The number of hydrogen-bond acceptors (Lipinski definition) is 2. The highest BCUT2D eigenvalue weighted by molar-refractivity contribution is 6.22. The van der Waals surface area contributed by atoms with E-state index >= 15 is 0 Å². The van der Waals surface area contributed by atoms with Crippen LogP contribution in [0.4, 0.5) is 0 Å². The molecule has 0 radical (unpaired) electrons. The van der Waals surface area contributed by atoms with E-state index in [0.717, 1.165) is 82.8 Å². The number of nitrogens with zero attached hydrogens (tertiary/aromatic N) is 4. The van der Waals surface area contributed by atoms with Gasteiger partial charge in [0.15, 0.2) is 0 Å². The maximum atomic E-state index is 5.48. The van der Waals surface area contributed by atoms with Gasteiger partial charge < -0.3 is 4.57 Å². The first-order valence-corrected chi connectivity index (χ1v) is 21.1. The highest BCUT2D eigenvalue weighted by Gasteiger charge is 2.22. The van der Waals surface area contributed by atoms with E-state index in [9.17, 15) is 0 Å². The summed E-state index contributed by atoms with van der Waals surface area (Å²) in [4.78, 5) is 10.8. The zero-order chi connectivity index (χ0) is 41.0. The smallest absolute Gasteiger partial charge is 0.235 e. The fourth-order valence-corrected chi connectivity index (χ4v) is 9.32. The Bertz CT molecular complexity index is 3660. The topological polar surface area (TPSA) is 35.6 Å². The highest BCUT2D eigenvalue weighted by Crippen LogP contribution is 2.42. The van der Waals surface area contributed by atoms with Crippen LogP contribution in [0.5, 0.6) is 0 Å². The zero-order valence-corrected chi connectivity index (χ0v) is 33.7. The standard InChI is InChI=1S/C58H38N4/c1-4-18-39(19-5-1)40-32-34-42(35-33-40)56-49-28-13-15-29-53(49)59-58(60-56)62-55-31-17-14-26-47(55)52-38-51(46-25-11-12-27-48(46)57(52)62)50(41-20-6-2-7-21-41)37-45-36-43-22-10-16-30-54(43)61(45)44-23-8-3-9-24-44/h1-38H/b50-37+. The van der Waals surface area contributed by atoms with Gasteiger partial charge in [-0.15, -0.1) is 0 Å². The summed E-state index contributed by atoms with van der Waals surface area (Å²) in [5.74, 6) is 0.640. The van der Waals surface area contributed by atoms with Gasteiger partial charge in [0, 0.05) is 43.9 Å². The maximum Gasteiger partial charge on any atom is 0.235 e. The van der Waals surface area contributed by atoms with Gasteiger partial charge in [-0.25, -0.2) is 9.97 Å². The number of hydrogen-bond donors (Lipinski definition) is 0. The molecule has 0 aliphatic heterocycles. The first kappa shape index (κ1) is 35.6. The van der Waals surface area contributed by atoms with Crippen molar-refractivity contribution in [2.24, 2.45) is 0 Å². The van der Waals surface area contributed by atoms with E-state index in [2.05, 4.69) is 240 Å². The van der Waals surface area contributed by atoms with Crippen molar-refractivity contribution in [1.82, 2.24) is 19.1 Å². The number of fused-ring (bicyclic) bond motifs is 7. The average Bonchev–Trinajstić information content (AvgIpc) is 3.89. The van der Waals surface area contributed by atoms with Crippen molar-refractivity contribution in [3.05, 3.63) is 241 Å². The number of rotatable bonds is 7. The van der Waals surface area contributed by atoms with Crippen molar-refractivity contribution in [2.75, 3.05) is 0 Å². The van der Waals surface area contributed by atoms with Gasteiger partial charge in [0.1, 0.15) is 0 Å². The Hall–Kier alpha value is -8.34. The largest absolute Gasteiger partial charge is 0.310 e. The lowest BCUT2D eigenvalue weighted by molar-refractivity contribution is 1.02. The molecule has 4 nitrogen and oxygen atoms in total. The Morgan fingerprint density at radius 1 is 0.403 bits per heavy atom. The lowest BCUT2D eigenvalue weighted by atomic mass is 9.90. The molecule has 0 saturated carbocycles. The summed E-state index contributed by atoms with van der Waals surface area (Å²) in [5, 5.41) is 6.78. The fraction of sp³-hybridized carbons (Fsp3) is 0. The van der Waals surface area contributed by atoms with Crippen LogP contribution < -0.4 is 0 Å². The Kier molecular flexibility index (Phi) is 8.46. The monoisotopic (exact) mass is 790 g/mol. The van der Waals surface area contributed by atoms with E-state index in [1.54, 1.807) is 0 Å². The molecule has 0 fully saturated rings. The molecular formula is C58H38N4. The lowest BCUT2D eigenvalue weighted by Crippen LogP contribution is -2.04. The van der Waals surface area contributed by atoms with Gasteiger partial charge in [-0.1, -0.05) is 182 Å². The first-order valence-electron chi connectivity index (χ1n) is 21.1. The molecule has 0 unspecified atom stereocenters. The van der Waals surface area contributed by atoms with Crippen LogP contribution in [-0.2, 0) is 0 Å². The molecule has 0 atom stereocenters. The maximum absolute atomic E-state index is 5.48. The fourth-order valence-electron chi connectivity index (χ4n) is 9.32. The molecule has 4 heteroatoms. The van der Waals surface area contributed by atoms with Gasteiger partial charge in [0.2, 0.25) is 5.95 Å². The molecule has 62 heavy (non-hydrogen) atoms. The summed E-state index contributed by atoms with van der Waals surface area (Å²) in [5.41, 5.74) is 14.2. The molecule has 0 saturated heterocycles. The summed E-state index contributed by atoms with van der Waals surface area (Å²) < 4.78 is 4.65. The molecule has 290 valence electrons. The minimum absolute atomic E-state index is 0.640. The number of benzene rings is 9. The third-order valence-corrected chi connectivity index (χ3v) is 12.2. The normalized spacial score (nSPS) is 12.0. The van der Waals surface area contributed by atoms with Crippen molar-refractivity contribution in [2.45, 2.75) is 0 Å². The summed E-state index contributed by atoms with van der Waals surface area (Å²) in [6, 6.07) is 79.9. The minimum Gasteiger partial charge on any atom is -0.310 e. The van der Waals surface area contributed by atoms with E-state index in [1.165, 1.54) is 22.0 Å². The summed E-state index contributed by atoms with van der Waals surface area (Å²) in [7, 11) is 0. The second-order valence-electron chi connectivity index (χ2n) is 15.8. The van der Waals surface area contributed by atoms with E-state index < -0.39 is 0 Å². The first-order chi connectivity index (χ1) is 30.8. The lowest BCUT2D eigenvalue weighted by Gasteiger charge is -2.16. The molecule has 0 aliphatic rings. The van der Waals surface area contributed by atoms with E-state index in [-0.39, 0.29) is 0 Å². The Balaban J connectivity index is 1.12. The predicted octanol–water partition coefficient (Wildman–Crippen LogP) is 14.7. The molecule has 3 aromatic heterocycles. The second-order valence-corrected chi connectivity index (χ2v) is 15.8. The Morgan fingerprint density at radius 3 is 1.76 bits per heavy atom. The molecule has 12 aromatic rings. The number of para-hydroxylation sites is 4. The van der Waals surface area contributed by atoms with Gasteiger partial charge in [0.25, 0.3) is 0 Å². The van der Waals surface area contributed by atoms with Gasteiger partial charge in [-0.05, 0) is 81.8 Å². The van der Waals surface area contributed by atoms with E-state index in [0.29, 0.717) is 5.95 Å². The van der Waals surface area contributed by atoms with Crippen LogP contribution in [0, 0.1) is 0 Å². The van der Waals surface area contributed by atoms with E-state index in [4.69, 9.17) is 9.97 Å². The van der Waals surface area contributed by atoms with Crippen LogP contribution in [0.15, 0.2) is 224 Å². The van der Waals surface area contributed by atoms with Crippen molar-refractivity contribution >= 4 is 66.0 Å². The molecule has 0 spiro atoms. The molecule has 0 aliphatic carbocycles. The predicted molar refractivity (Wildman–Crippen MR) is 259 cm³/mol. The zero-order valence-electron chi connectivity index (χ0n) is 33.7. The highest BCUT2D eigenvalue weighted by atomic mass is 15.2. The quantitative estimate of drug-likeness (QED) is 0.161. The summed E-state index contributed by atoms with van der Waals surface area (Å²) in [6.45, 7) is 0. The van der Waals surface area contributed by atoms with Crippen LogP contribution in [0.25, 0.3) is 100 Å². The number of aromatic nitrogens is 4. The van der Waals surface area contributed by atoms with Crippen LogP contribution in [0.3, 0.4) is 0 Å². The van der Waals surface area contributed by atoms with E-state index in [1.807, 2.05) is 0 Å². The SMILES string of the molecule is C(=C(/c1ccccc1)c1cc2c3ccccc3n(-c3nc(-c4ccc(-c5ccccc5)cc4)c4ccccc4n3)c2c2ccccc12)/c1cc2ccccc2n1-c1ccccc1. The molecule has 0 N–H and O–H groups in total. The van der Waals surface area contributed by atoms with Crippen molar-refractivity contribution in [3.8, 4) is 34.0 Å². The Morgan fingerprint density at radius 2 is 0.984 bits per heavy atom. The molecule has 0 amide bonds. The average molecular weight is 791 g/mol. The summed E-state index contributed by atoms with van der Waals surface area (Å²) in [6.07, 6.45) is 2.37. The molecule has 0 bridgehead atoms. The van der Waals surface area contributed by atoms with Crippen molar-refractivity contribution < 1.29 is 0 Å². The summed E-state index contributed by atoms with van der Waals surface area (Å²) >= 11 is 0. The third-order valence-electron chi connectivity index (χ3n) is 12.2. The van der Waals surface area contributed by atoms with Crippen molar-refractivity contribution in [1.29, 1.82) is 0 Å². The van der Waals surface area contributed by atoms with Crippen molar-refractivity contribution in [3.63, 3.8) is 0 Å². The van der Waals surface area contributed by atoms with Crippen LogP contribution in [0.2, 0.25) is 0 Å². The second kappa shape index (κ2) is 14.7. The molecule has 3 heterocycles. The van der Waals surface area contributed by atoms with Gasteiger partial charge >= 0.3 is 0 Å². The van der Waals surface area contributed by atoms with Gasteiger partial charge in [-0.2, -0.15) is 0 Å². The molecule has 9 aromatic carbocycles. The Labute approximate surface area is 359 Å². The molecular weight excluding hydrogens is 753 g/mol. The van der Waals surface area contributed by atoms with Crippen LogP contribution in [-0.4, -0.2) is 19.1 Å². The van der Waals surface area contributed by atoms with Gasteiger partial charge in [-0.3, -0.25) is 4.57 Å². The third kappa shape index (κ3) is 5.92. The van der Waals surface area contributed by atoms with Gasteiger partial charge in [0.05, 0.1) is 27.8 Å².